The molecule has 3 aliphatic rings. The lowest BCUT2D eigenvalue weighted by Crippen LogP contribution is -2.62. The summed E-state index contributed by atoms with van der Waals surface area (Å²) < 4.78 is 0. The fourth-order valence-corrected chi connectivity index (χ4v) is 2.67. The van der Waals surface area contributed by atoms with Gasteiger partial charge < -0.3 is 5.11 Å². The molecule has 1 N–H and O–H groups in total. The quantitative estimate of drug-likeness (QED) is 0.471. The Morgan fingerprint density at radius 2 is 2.00 bits per heavy atom. The summed E-state index contributed by atoms with van der Waals surface area (Å²) in [6.07, 6.45) is 5.70. The van der Waals surface area contributed by atoms with Crippen LogP contribution >= 0.6 is 0 Å². The van der Waals surface area contributed by atoms with Crippen LogP contribution in [0.4, 0.5) is 0 Å². The third-order valence-corrected chi connectivity index (χ3v) is 3.39. The molecule has 0 unspecified atom stereocenters. The van der Waals surface area contributed by atoms with Crippen molar-refractivity contribution in [2.75, 3.05) is 0 Å². The van der Waals surface area contributed by atoms with Crippen molar-refractivity contribution in [3.05, 3.63) is 12.2 Å². The van der Waals surface area contributed by atoms with Gasteiger partial charge in [0, 0.05) is 0 Å². The van der Waals surface area contributed by atoms with E-state index in [1.54, 1.807) is 0 Å². The van der Waals surface area contributed by atoms with E-state index >= 15 is 0 Å². The third-order valence-electron chi connectivity index (χ3n) is 3.39. The van der Waals surface area contributed by atoms with E-state index in [1.807, 2.05) is 0 Å². The molecule has 2 saturated carbocycles. The maximum Gasteiger partial charge on any atom is 0.0580 e. The lowest BCUT2D eigenvalue weighted by atomic mass is 9.42. The molecule has 0 amide bonds. The van der Waals surface area contributed by atoms with Gasteiger partial charge in [-0.25, -0.2) is 0 Å². The second kappa shape index (κ2) is 1.10. The summed E-state index contributed by atoms with van der Waals surface area (Å²) in [5.74, 6) is 3.24. The smallest absolute Gasteiger partial charge is 0.0580 e. The van der Waals surface area contributed by atoms with Gasteiger partial charge >= 0.3 is 0 Å². The number of hydrogen-bond donors (Lipinski definition) is 1. The Hall–Kier alpha value is -0.300. The molecule has 0 aliphatic heterocycles. The molecular formula is C8H10O. The topological polar surface area (TPSA) is 20.2 Å². The summed E-state index contributed by atoms with van der Waals surface area (Å²) in [5, 5.41) is 9.23. The molecule has 0 bridgehead atoms. The monoisotopic (exact) mass is 122 g/mol. The van der Waals surface area contributed by atoms with E-state index in [4.69, 9.17) is 0 Å². The van der Waals surface area contributed by atoms with Crippen molar-refractivity contribution in [3.8, 4) is 0 Å². The Morgan fingerprint density at radius 1 is 1.22 bits per heavy atom. The van der Waals surface area contributed by atoms with Crippen molar-refractivity contribution in [3.63, 3.8) is 0 Å². The van der Waals surface area contributed by atoms with Gasteiger partial charge in [0.2, 0.25) is 0 Å². The zero-order chi connectivity index (χ0) is 6.01. The van der Waals surface area contributed by atoms with Crippen molar-refractivity contribution in [2.24, 2.45) is 23.7 Å². The largest absolute Gasteiger partial charge is 0.393 e. The molecule has 3 aliphatic carbocycles. The number of hydrogen-bond acceptors (Lipinski definition) is 1. The minimum Gasteiger partial charge on any atom is -0.393 e. The molecule has 0 spiro atoms. The molecule has 0 heterocycles. The number of aliphatic hydroxyl groups is 1. The van der Waals surface area contributed by atoms with Crippen molar-refractivity contribution in [1.82, 2.24) is 0 Å². The maximum absolute atomic E-state index is 9.23. The Kier molecular flexibility index (Phi) is 0.552. The van der Waals surface area contributed by atoms with Gasteiger partial charge in [-0.2, -0.15) is 0 Å². The fraction of sp³-hybridized carbons (Fsp3) is 0.750. The number of allylic oxidation sites excluding steroid dienone is 2. The SMILES string of the molecule is O[C@H]1C[C@@H]2[C@H]3C=C[C@@H]3[C@H]21. The molecule has 0 radical (unpaired) electrons. The highest BCUT2D eigenvalue weighted by Crippen LogP contribution is 2.63. The normalized spacial score (nSPS) is 66.6. The van der Waals surface area contributed by atoms with Crippen molar-refractivity contribution in [1.29, 1.82) is 0 Å². The van der Waals surface area contributed by atoms with Gasteiger partial charge in [-0.3, -0.25) is 0 Å². The summed E-state index contributed by atoms with van der Waals surface area (Å²) >= 11 is 0. The Morgan fingerprint density at radius 3 is 2.33 bits per heavy atom. The first-order valence-electron chi connectivity index (χ1n) is 3.74. The van der Waals surface area contributed by atoms with Crippen LogP contribution in [-0.4, -0.2) is 11.2 Å². The number of fused-ring (bicyclic) bond motifs is 4. The predicted octanol–water partition coefficient (Wildman–Crippen LogP) is 0.799. The molecule has 5 atom stereocenters. The van der Waals surface area contributed by atoms with Crippen LogP contribution in [0, 0.1) is 23.7 Å². The summed E-state index contributed by atoms with van der Waals surface area (Å²) in [5.41, 5.74) is 0. The second-order valence-corrected chi connectivity index (χ2v) is 3.58. The van der Waals surface area contributed by atoms with E-state index in [-0.39, 0.29) is 6.10 Å². The lowest BCUT2D eigenvalue weighted by Gasteiger charge is -2.64. The molecule has 1 nitrogen and oxygen atoms in total. The zero-order valence-corrected chi connectivity index (χ0v) is 5.20. The Bertz CT molecular complexity index is 185. The van der Waals surface area contributed by atoms with Crippen LogP contribution in [0.3, 0.4) is 0 Å². The first-order valence-corrected chi connectivity index (χ1v) is 3.74. The number of rotatable bonds is 0. The van der Waals surface area contributed by atoms with Crippen LogP contribution in [0.15, 0.2) is 12.2 Å². The van der Waals surface area contributed by atoms with Gasteiger partial charge in [0.1, 0.15) is 0 Å². The highest BCUT2D eigenvalue weighted by molar-refractivity contribution is 5.26. The second-order valence-electron chi connectivity index (χ2n) is 3.58. The average Bonchev–Trinajstić information content (AvgIpc) is 1.79. The van der Waals surface area contributed by atoms with E-state index in [2.05, 4.69) is 12.2 Å². The molecule has 0 saturated heterocycles. The van der Waals surface area contributed by atoms with Crippen LogP contribution < -0.4 is 0 Å². The molecule has 2 fully saturated rings. The Labute approximate surface area is 54.4 Å². The van der Waals surface area contributed by atoms with Crippen LogP contribution in [-0.2, 0) is 0 Å². The van der Waals surface area contributed by atoms with Crippen molar-refractivity contribution in [2.45, 2.75) is 12.5 Å². The van der Waals surface area contributed by atoms with E-state index < -0.39 is 0 Å². The molecule has 9 heavy (non-hydrogen) atoms. The van der Waals surface area contributed by atoms with Gasteiger partial charge in [-0.05, 0) is 30.1 Å². The van der Waals surface area contributed by atoms with E-state index in [1.165, 1.54) is 0 Å². The predicted molar refractivity (Wildman–Crippen MR) is 33.7 cm³/mol. The molecule has 0 aromatic carbocycles. The minimum atomic E-state index is 0.0567. The van der Waals surface area contributed by atoms with Gasteiger partial charge in [-0.15, -0.1) is 0 Å². The standard InChI is InChI=1S/C8H10O/c9-7-3-6-4-1-2-5(4)8(6)7/h1-2,4-9H,3H2/t4-,5-,6+,7-,8+/m0/s1. The lowest BCUT2D eigenvalue weighted by molar-refractivity contribution is -0.167. The van der Waals surface area contributed by atoms with Gasteiger partial charge in [0.25, 0.3) is 0 Å². The summed E-state index contributed by atoms with van der Waals surface area (Å²) in [6, 6.07) is 0. The zero-order valence-electron chi connectivity index (χ0n) is 5.20. The highest BCUT2D eigenvalue weighted by atomic mass is 16.3. The van der Waals surface area contributed by atoms with Crippen molar-refractivity contribution < 1.29 is 5.11 Å². The van der Waals surface area contributed by atoms with E-state index in [9.17, 15) is 5.11 Å². The molecule has 1 heteroatoms. The molecule has 48 valence electrons. The van der Waals surface area contributed by atoms with E-state index in [0.717, 1.165) is 24.2 Å². The summed E-state index contributed by atoms with van der Waals surface area (Å²) in [7, 11) is 0. The molecule has 0 aromatic rings. The third kappa shape index (κ3) is 0.304. The van der Waals surface area contributed by atoms with Gasteiger partial charge in [-0.1, -0.05) is 12.2 Å². The highest BCUT2D eigenvalue weighted by Gasteiger charge is 2.61. The van der Waals surface area contributed by atoms with Gasteiger partial charge in [0.15, 0.2) is 0 Å². The first kappa shape index (κ1) is 4.51. The minimum absolute atomic E-state index is 0.0567. The van der Waals surface area contributed by atoms with Crippen LogP contribution in [0.5, 0.6) is 0 Å². The van der Waals surface area contributed by atoms with E-state index in [0.29, 0.717) is 5.92 Å². The summed E-state index contributed by atoms with van der Waals surface area (Å²) in [6.45, 7) is 0. The first-order chi connectivity index (χ1) is 4.38. The van der Waals surface area contributed by atoms with Crippen LogP contribution in [0.25, 0.3) is 0 Å². The molecular weight excluding hydrogens is 112 g/mol. The molecule has 0 aromatic heterocycles. The molecule has 3 rings (SSSR count). The summed E-state index contributed by atoms with van der Waals surface area (Å²) in [4.78, 5) is 0. The average molecular weight is 122 g/mol. The van der Waals surface area contributed by atoms with Gasteiger partial charge in [0.05, 0.1) is 6.10 Å². The fourth-order valence-electron chi connectivity index (χ4n) is 2.67. The van der Waals surface area contributed by atoms with Crippen LogP contribution in [0.2, 0.25) is 0 Å². The van der Waals surface area contributed by atoms with Crippen LogP contribution in [0.1, 0.15) is 6.42 Å². The Balaban J connectivity index is 1.90. The maximum atomic E-state index is 9.23. The van der Waals surface area contributed by atoms with Crippen molar-refractivity contribution >= 4 is 0 Å². The number of aliphatic hydroxyl groups excluding tert-OH is 1.